The zero-order valence-electron chi connectivity index (χ0n) is 10.1. The fraction of sp³-hybridized carbons (Fsp3) is 0.692. The molecule has 3 heteroatoms. The van der Waals surface area contributed by atoms with Gasteiger partial charge >= 0.3 is 0 Å². The number of hydrogen-bond donors (Lipinski definition) is 1. The molecule has 90 valence electrons. The maximum atomic E-state index is 5.60. The van der Waals surface area contributed by atoms with Crippen LogP contribution in [-0.4, -0.2) is 24.5 Å². The Labute approximate surface area is 97.6 Å². The number of rotatable bonds is 4. The Hall–Kier alpha value is -0.800. The number of piperidine rings is 1. The first-order valence-corrected chi connectivity index (χ1v) is 6.28. The van der Waals surface area contributed by atoms with Crippen molar-refractivity contribution in [1.29, 1.82) is 0 Å². The normalized spacial score (nSPS) is 21.1. The smallest absolute Gasteiger partial charge is 0.120 e. The molecule has 1 aromatic rings. The van der Waals surface area contributed by atoms with E-state index in [0.717, 1.165) is 18.2 Å². The van der Waals surface area contributed by atoms with Gasteiger partial charge in [-0.3, -0.25) is 4.90 Å². The summed E-state index contributed by atoms with van der Waals surface area (Å²) in [6.07, 6.45) is 5.50. The van der Waals surface area contributed by atoms with E-state index in [-0.39, 0.29) is 0 Å². The van der Waals surface area contributed by atoms with Crippen molar-refractivity contribution in [2.24, 2.45) is 11.7 Å². The molecule has 0 amide bonds. The van der Waals surface area contributed by atoms with Crippen molar-refractivity contribution >= 4 is 0 Å². The van der Waals surface area contributed by atoms with Gasteiger partial charge in [0.05, 0.1) is 12.3 Å². The average molecular weight is 222 g/mol. The summed E-state index contributed by atoms with van der Waals surface area (Å²) in [5.74, 6) is 1.92. The van der Waals surface area contributed by atoms with Crippen molar-refractivity contribution in [3.8, 4) is 0 Å². The number of hydrogen-bond acceptors (Lipinski definition) is 3. The van der Waals surface area contributed by atoms with E-state index in [9.17, 15) is 0 Å². The first-order chi connectivity index (χ1) is 7.81. The minimum atomic E-state index is 0.411. The van der Waals surface area contributed by atoms with Gasteiger partial charge in [0.15, 0.2) is 0 Å². The van der Waals surface area contributed by atoms with Crippen LogP contribution in [0.1, 0.15) is 38.0 Å². The third kappa shape index (κ3) is 2.66. The molecule has 0 radical (unpaired) electrons. The van der Waals surface area contributed by atoms with Crippen molar-refractivity contribution in [3.05, 3.63) is 24.2 Å². The van der Waals surface area contributed by atoms with E-state index in [0.29, 0.717) is 6.04 Å². The van der Waals surface area contributed by atoms with Crippen molar-refractivity contribution in [2.45, 2.75) is 32.2 Å². The Kier molecular flexibility index (Phi) is 4.02. The molecule has 1 atom stereocenters. The molecule has 1 saturated heterocycles. The van der Waals surface area contributed by atoms with E-state index in [1.165, 1.54) is 32.4 Å². The molecular formula is C13H22N2O. The van der Waals surface area contributed by atoms with E-state index in [4.69, 9.17) is 10.2 Å². The van der Waals surface area contributed by atoms with Crippen LogP contribution in [0.15, 0.2) is 22.8 Å². The predicted octanol–water partition coefficient (Wildman–Crippen LogP) is 2.40. The third-order valence-electron chi connectivity index (χ3n) is 3.73. The number of furan rings is 1. The van der Waals surface area contributed by atoms with Gasteiger partial charge in [0, 0.05) is 0 Å². The largest absolute Gasteiger partial charge is 0.468 e. The summed E-state index contributed by atoms with van der Waals surface area (Å²) < 4.78 is 5.46. The Morgan fingerprint density at radius 3 is 2.81 bits per heavy atom. The van der Waals surface area contributed by atoms with Gasteiger partial charge in [-0.1, -0.05) is 0 Å². The van der Waals surface area contributed by atoms with Crippen LogP contribution in [0.25, 0.3) is 0 Å². The summed E-state index contributed by atoms with van der Waals surface area (Å²) in [4.78, 5) is 2.51. The second kappa shape index (κ2) is 5.51. The van der Waals surface area contributed by atoms with Gasteiger partial charge in [-0.15, -0.1) is 0 Å². The van der Waals surface area contributed by atoms with Gasteiger partial charge in [0.2, 0.25) is 0 Å². The Morgan fingerprint density at radius 2 is 2.25 bits per heavy atom. The Bertz CT molecular complexity index is 289. The van der Waals surface area contributed by atoms with Gasteiger partial charge in [-0.2, -0.15) is 0 Å². The monoisotopic (exact) mass is 222 g/mol. The molecule has 1 aromatic heterocycles. The van der Waals surface area contributed by atoms with Gasteiger partial charge in [0.1, 0.15) is 5.76 Å². The van der Waals surface area contributed by atoms with Crippen LogP contribution in [0, 0.1) is 5.92 Å². The lowest BCUT2D eigenvalue weighted by Gasteiger charge is -2.35. The molecule has 0 aromatic carbocycles. The van der Waals surface area contributed by atoms with Gasteiger partial charge in [-0.05, 0) is 63.9 Å². The lowest BCUT2D eigenvalue weighted by atomic mass is 9.93. The fourth-order valence-electron chi connectivity index (χ4n) is 2.57. The molecule has 0 spiro atoms. The summed E-state index contributed by atoms with van der Waals surface area (Å²) in [6, 6.07) is 4.44. The maximum absolute atomic E-state index is 5.60. The number of likely N-dealkylation sites (tertiary alicyclic amines) is 1. The lowest BCUT2D eigenvalue weighted by Crippen LogP contribution is -2.36. The van der Waals surface area contributed by atoms with Crippen LogP contribution >= 0.6 is 0 Å². The highest BCUT2D eigenvalue weighted by atomic mass is 16.3. The SMILES string of the molecule is CC(c1ccco1)N1CCC(CCN)CC1. The summed E-state index contributed by atoms with van der Waals surface area (Å²) in [6.45, 7) is 5.40. The van der Waals surface area contributed by atoms with Gasteiger partial charge in [-0.25, -0.2) is 0 Å². The second-order valence-electron chi connectivity index (χ2n) is 4.75. The summed E-state index contributed by atoms with van der Waals surface area (Å²) >= 11 is 0. The zero-order valence-corrected chi connectivity index (χ0v) is 10.1. The molecule has 0 aliphatic carbocycles. The third-order valence-corrected chi connectivity index (χ3v) is 3.73. The van der Waals surface area contributed by atoms with Crippen LogP contribution in [0.2, 0.25) is 0 Å². The number of nitrogens with two attached hydrogens (primary N) is 1. The van der Waals surface area contributed by atoms with Crippen LogP contribution in [-0.2, 0) is 0 Å². The van der Waals surface area contributed by atoms with E-state index < -0.39 is 0 Å². The maximum Gasteiger partial charge on any atom is 0.120 e. The first-order valence-electron chi connectivity index (χ1n) is 6.28. The molecule has 0 saturated carbocycles. The number of nitrogens with zero attached hydrogens (tertiary/aromatic N) is 1. The summed E-state index contributed by atoms with van der Waals surface area (Å²) in [5, 5.41) is 0. The van der Waals surface area contributed by atoms with Gasteiger partial charge < -0.3 is 10.2 Å². The molecule has 2 N–H and O–H groups in total. The minimum absolute atomic E-state index is 0.411. The molecule has 16 heavy (non-hydrogen) atoms. The minimum Gasteiger partial charge on any atom is -0.468 e. The topological polar surface area (TPSA) is 42.4 Å². The van der Waals surface area contributed by atoms with Crippen molar-refractivity contribution in [2.75, 3.05) is 19.6 Å². The highest BCUT2D eigenvalue weighted by Gasteiger charge is 2.24. The molecule has 3 nitrogen and oxygen atoms in total. The first kappa shape index (κ1) is 11.7. The van der Waals surface area contributed by atoms with E-state index in [2.05, 4.69) is 17.9 Å². The molecule has 0 bridgehead atoms. The van der Waals surface area contributed by atoms with Crippen LogP contribution in [0.4, 0.5) is 0 Å². The van der Waals surface area contributed by atoms with E-state index >= 15 is 0 Å². The van der Waals surface area contributed by atoms with E-state index in [1.807, 2.05) is 6.07 Å². The van der Waals surface area contributed by atoms with Gasteiger partial charge in [0.25, 0.3) is 0 Å². The lowest BCUT2D eigenvalue weighted by molar-refractivity contribution is 0.125. The highest BCUT2D eigenvalue weighted by molar-refractivity contribution is 5.03. The van der Waals surface area contributed by atoms with Crippen molar-refractivity contribution in [1.82, 2.24) is 4.90 Å². The van der Waals surface area contributed by atoms with Crippen molar-refractivity contribution < 1.29 is 4.42 Å². The Morgan fingerprint density at radius 1 is 1.50 bits per heavy atom. The summed E-state index contributed by atoms with van der Waals surface area (Å²) in [7, 11) is 0. The van der Waals surface area contributed by atoms with E-state index in [1.54, 1.807) is 6.26 Å². The fourth-order valence-corrected chi connectivity index (χ4v) is 2.57. The van der Waals surface area contributed by atoms with Crippen LogP contribution in [0.3, 0.4) is 0 Å². The molecule has 1 aliphatic rings. The predicted molar refractivity (Wildman–Crippen MR) is 65.1 cm³/mol. The quantitative estimate of drug-likeness (QED) is 0.850. The van der Waals surface area contributed by atoms with Crippen LogP contribution in [0.5, 0.6) is 0 Å². The molecule has 1 aliphatic heterocycles. The molecule has 2 heterocycles. The highest BCUT2D eigenvalue weighted by Crippen LogP contribution is 2.27. The second-order valence-corrected chi connectivity index (χ2v) is 4.75. The van der Waals surface area contributed by atoms with Crippen molar-refractivity contribution in [3.63, 3.8) is 0 Å². The summed E-state index contributed by atoms with van der Waals surface area (Å²) in [5.41, 5.74) is 5.60. The molecule has 1 unspecified atom stereocenters. The van der Waals surface area contributed by atoms with Crippen LogP contribution < -0.4 is 5.73 Å². The molecule has 2 rings (SSSR count). The zero-order chi connectivity index (χ0) is 11.4. The standard InChI is InChI=1S/C13H22N2O/c1-11(13-3-2-10-16-13)15-8-5-12(4-7-14)6-9-15/h2-3,10-12H,4-9,14H2,1H3. The molecule has 1 fully saturated rings. The molecular weight excluding hydrogens is 200 g/mol. The Balaban J connectivity index is 1.84. The average Bonchev–Trinajstić information content (AvgIpc) is 2.83.